The van der Waals surface area contributed by atoms with Gasteiger partial charge in [-0.05, 0) is 103 Å². The first-order valence-electron chi connectivity index (χ1n) is 16.6. The van der Waals surface area contributed by atoms with E-state index in [4.69, 9.17) is 4.18 Å². The first kappa shape index (κ1) is 37.6. The van der Waals surface area contributed by atoms with Gasteiger partial charge in [-0.2, -0.15) is 0 Å². The van der Waals surface area contributed by atoms with Gasteiger partial charge in [0.1, 0.15) is 12.2 Å². The highest BCUT2D eigenvalue weighted by atomic mass is 32.3. The molecule has 2 unspecified atom stereocenters. The third-order valence-corrected chi connectivity index (χ3v) is 15.5. The van der Waals surface area contributed by atoms with Crippen molar-refractivity contribution in [2.75, 3.05) is 0 Å². The molecule has 5 aliphatic rings. The van der Waals surface area contributed by atoms with Gasteiger partial charge in [0, 0.05) is 5.92 Å². The average molecular weight is 726 g/mol. The molecule has 272 valence electrons. The van der Waals surface area contributed by atoms with Crippen molar-refractivity contribution in [3.8, 4) is 0 Å². The second kappa shape index (κ2) is 11.9. The maximum absolute atomic E-state index is 12.1. The predicted octanol–water partition coefficient (Wildman–Crippen LogP) is 3.78. The third kappa shape index (κ3) is 6.62. The van der Waals surface area contributed by atoms with E-state index in [2.05, 4.69) is 49.9 Å². The van der Waals surface area contributed by atoms with Crippen LogP contribution in [-0.2, 0) is 43.7 Å². The molecule has 13 nitrogen and oxygen atoms in total. The molecule has 0 aromatic carbocycles. The lowest BCUT2D eigenvalue weighted by atomic mass is 9.43. The van der Waals surface area contributed by atoms with E-state index in [0.29, 0.717) is 35.5 Å². The molecule has 13 atom stereocenters. The summed E-state index contributed by atoms with van der Waals surface area (Å²) in [5.41, 5.74) is -0.834. The molecule has 1 N–H and O–H groups in total. The van der Waals surface area contributed by atoms with E-state index in [1.54, 1.807) is 6.92 Å². The molecule has 4 fully saturated rings. The molecule has 16 heteroatoms. The second-order valence-corrected chi connectivity index (χ2v) is 19.4. The number of aliphatic hydroxyl groups excluding tert-OH is 1. The van der Waals surface area contributed by atoms with E-state index in [1.807, 2.05) is 6.08 Å². The van der Waals surface area contributed by atoms with Crippen LogP contribution in [0.1, 0.15) is 99.8 Å². The molecule has 4 saturated carbocycles. The van der Waals surface area contributed by atoms with Crippen molar-refractivity contribution in [2.45, 2.75) is 124 Å². The second-order valence-electron chi connectivity index (χ2n) is 16.3. The normalized spacial score (nSPS) is 45.9. The van der Waals surface area contributed by atoms with Crippen LogP contribution in [0.2, 0.25) is 0 Å². The van der Waals surface area contributed by atoms with Gasteiger partial charge in [-0.15, -0.1) is 0 Å². The Morgan fingerprint density at radius 3 is 1.96 bits per heavy atom. The zero-order chi connectivity index (χ0) is 35.3. The van der Waals surface area contributed by atoms with Crippen LogP contribution in [0.15, 0.2) is 11.6 Å². The van der Waals surface area contributed by atoms with E-state index < -0.39 is 78.8 Å². The molecule has 5 rings (SSSR count). The number of allylic oxidation sites excluding steroid dienone is 2. The summed E-state index contributed by atoms with van der Waals surface area (Å²) in [6, 6.07) is 0. The molecule has 0 radical (unpaired) electrons. The Balaban J connectivity index is 1.54. The first-order chi connectivity index (χ1) is 21.3. The lowest BCUT2D eigenvalue weighted by Gasteiger charge is -2.64. The van der Waals surface area contributed by atoms with Crippen LogP contribution >= 0.6 is 0 Å². The minimum absolute atomic E-state index is 0.00594. The van der Waals surface area contributed by atoms with E-state index in [1.165, 1.54) is 6.42 Å². The van der Waals surface area contributed by atoms with E-state index >= 15 is 0 Å². The average Bonchev–Trinajstić information content (AvgIpc) is 3.47. The van der Waals surface area contributed by atoms with Crippen molar-refractivity contribution in [1.29, 1.82) is 0 Å². The molecule has 0 aromatic rings. The van der Waals surface area contributed by atoms with Crippen molar-refractivity contribution < 1.29 is 56.6 Å². The molecular weight excluding hydrogens is 677 g/mol. The van der Waals surface area contributed by atoms with Crippen LogP contribution in [0.4, 0.5) is 0 Å². The highest BCUT2D eigenvalue weighted by molar-refractivity contribution is 7.81. The van der Waals surface area contributed by atoms with Crippen molar-refractivity contribution in [1.82, 2.24) is 0 Å². The third-order valence-electron chi connectivity index (χ3n) is 14.1. The van der Waals surface area contributed by atoms with Crippen molar-refractivity contribution in [2.24, 2.45) is 57.2 Å². The fraction of sp³-hybridized carbons (Fsp3) is 0.935. The van der Waals surface area contributed by atoms with Gasteiger partial charge in [0.25, 0.3) is 0 Å². The van der Waals surface area contributed by atoms with Gasteiger partial charge >= 0.3 is 0 Å². The molecular formula is C31H49O13S3-3. The Morgan fingerprint density at radius 2 is 1.45 bits per heavy atom. The highest BCUT2D eigenvalue weighted by Crippen LogP contribution is 2.72. The molecule has 0 amide bonds. The molecule has 47 heavy (non-hydrogen) atoms. The zero-order valence-corrected chi connectivity index (χ0v) is 30.5. The van der Waals surface area contributed by atoms with Crippen LogP contribution in [0.5, 0.6) is 0 Å². The maximum atomic E-state index is 12.1. The Morgan fingerprint density at radius 1 is 0.894 bits per heavy atom. The lowest BCUT2D eigenvalue weighted by Crippen LogP contribution is -2.65. The van der Waals surface area contributed by atoms with Crippen LogP contribution < -0.4 is 0 Å². The minimum atomic E-state index is -5.56. The summed E-state index contributed by atoms with van der Waals surface area (Å²) >= 11 is 0. The predicted molar refractivity (Wildman–Crippen MR) is 165 cm³/mol. The van der Waals surface area contributed by atoms with Gasteiger partial charge in [-0.3, -0.25) is 12.5 Å². The topological polar surface area (TPSA) is 220 Å². The lowest BCUT2D eigenvalue weighted by molar-refractivity contribution is -0.179. The molecule has 0 aromatic heterocycles. The maximum Gasteiger partial charge on any atom is 0.218 e. The number of aliphatic hydroxyl groups is 1. The number of hydrogen-bond acceptors (Lipinski definition) is 13. The van der Waals surface area contributed by atoms with E-state index in [-0.39, 0.29) is 17.8 Å². The quantitative estimate of drug-likeness (QED) is 0.182. The summed E-state index contributed by atoms with van der Waals surface area (Å²) in [7, 11) is -16.4. The van der Waals surface area contributed by atoms with Crippen molar-refractivity contribution in [3.63, 3.8) is 0 Å². The summed E-state index contributed by atoms with van der Waals surface area (Å²) in [6.07, 6.45) is -0.162. The largest absolute Gasteiger partial charge is 0.726 e. The standard InChI is InChI=1S/C31H52O13S3/c1-17(2)31(15-19(31)4)13-8-18(3)20-9-11-30(7)22-14-23(42-45(33,34)35)25-26(32)27(44-47(39,40)41)24(43-46(36,37)38)16-28(25,5)21(22)10-12-29(20,30)6/h10,17-20,22-27,32H,8-9,11-16H2,1-7H3,(H,33,34,35)(H,36,37,38)(H,39,40,41)/p-3/t18-,19?,20-,22-,23+,24+,25+,26-,27-,28-,29-,30+,31?/m1/s1. The van der Waals surface area contributed by atoms with Crippen LogP contribution in [0.25, 0.3) is 0 Å². The zero-order valence-electron chi connectivity index (χ0n) is 28.1. The fourth-order valence-electron chi connectivity index (χ4n) is 11.4. The number of fused-ring (bicyclic) bond motifs is 5. The minimum Gasteiger partial charge on any atom is -0.726 e. The Kier molecular flexibility index (Phi) is 9.54. The number of rotatable bonds is 11. The summed E-state index contributed by atoms with van der Waals surface area (Å²) < 4.78 is 120. The summed E-state index contributed by atoms with van der Waals surface area (Å²) in [6.45, 7) is 15.3. The molecule has 0 spiro atoms. The smallest absolute Gasteiger partial charge is 0.218 e. The van der Waals surface area contributed by atoms with Gasteiger partial charge < -0.3 is 18.8 Å². The first-order valence-corrected chi connectivity index (χ1v) is 20.6. The van der Waals surface area contributed by atoms with Gasteiger partial charge in [0.2, 0.25) is 31.2 Å². The van der Waals surface area contributed by atoms with Crippen LogP contribution in [-0.4, -0.2) is 68.4 Å². The molecule has 0 heterocycles. The summed E-state index contributed by atoms with van der Waals surface area (Å²) in [4.78, 5) is 0. The van der Waals surface area contributed by atoms with Gasteiger partial charge in [0.05, 0.1) is 12.2 Å². The fourth-order valence-corrected chi connectivity index (χ4v) is 12.9. The van der Waals surface area contributed by atoms with Gasteiger partial charge in [0.15, 0.2) is 0 Å². The Bertz CT molecular complexity index is 1590. The van der Waals surface area contributed by atoms with Gasteiger partial charge in [-0.25, -0.2) is 25.3 Å². The molecule has 0 bridgehead atoms. The van der Waals surface area contributed by atoms with E-state index in [0.717, 1.165) is 31.3 Å². The molecule has 0 aliphatic heterocycles. The Labute approximate surface area is 280 Å². The SMILES string of the molecule is CC(C)C1(CC[C@@H](C)[C@H]2CC[C@@]3(C)[C@@H]4C[C@H](OS(=O)(=O)[O-])[C@H]5[C@@H](O)[C@H](OS(=O)(=O)[O-])[C@@H](OS(=O)(=O)[O-])C[C@]5(C)C4=CC[C@]23C)CC1C. The highest BCUT2D eigenvalue weighted by Gasteiger charge is 2.68. The molecule has 0 saturated heterocycles. The van der Waals surface area contributed by atoms with Crippen molar-refractivity contribution in [3.05, 3.63) is 11.6 Å². The Hall–Kier alpha value is -0.690. The monoisotopic (exact) mass is 725 g/mol. The number of hydrogen-bond donors (Lipinski definition) is 1. The van der Waals surface area contributed by atoms with Crippen LogP contribution in [0.3, 0.4) is 0 Å². The van der Waals surface area contributed by atoms with Gasteiger partial charge in [-0.1, -0.05) is 60.1 Å². The van der Waals surface area contributed by atoms with Crippen molar-refractivity contribution >= 4 is 31.2 Å². The summed E-state index contributed by atoms with van der Waals surface area (Å²) in [5, 5.41) is 11.5. The summed E-state index contributed by atoms with van der Waals surface area (Å²) in [5.74, 6) is 0.368. The van der Waals surface area contributed by atoms with E-state index in [9.17, 15) is 44.0 Å². The van der Waals surface area contributed by atoms with Crippen LogP contribution in [0, 0.1) is 57.2 Å². The molecule has 5 aliphatic carbocycles.